The molecule has 0 bridgehead atoms. The summed E-state index contributed by atoms with van der Waals surface area (Å²) in [5, 5.41) is 0. The Kier molecular flexibility index (Phi) is 4.32. The second-order valence-electron chi connectivity index (χ2n) is 4.24. The van der Waals surface area contributed by atoms with E-state index in [0.717, 1.165) is 11.4 Å². The lowest BCUT2D eigenvalue weighted by Gasteiger charge is -1.95. The predicted molar refractivity (Wildman–Crippen MR) is 85.0 cm³/mol. The number of nitrogens with zero attached hydrogens (tertiary/aromatic N) is 6. The van der Waals surface area contributed by atoms with Gasteiger partial charge in [0.2, 0.25) is 0 Å². The maximum Gasteiger partial charge on any atom is 0.251 e. The first-order chi connectivity index (χ1) is 10.9. The molecular formula is C16H12N6. The summed E-state index contributed by atoms with van der Waals surface area (Å²) >= 11 is 0. The van der Waals surface area contributed by atoms with Gasteiger partial charge in [-0.15, -0.1) is 0 Å². The van der Waals surface area contributed by atoms with Crippen LogP contribution in [0.5, 0.6) is 0 Å². The summed E-state index contributed by atoms with van der Waals surface area (Å²) in [6.07, 6.45) is 8.29. The first-order valence-electron chi connectivity index (χ1n) is 6.63. The molecule has 22 heavy (non-hydrogen) atoms. The molecule has 0 aliphatic carbocycles. The highest BCUT2D eigenvalue weighted by Gasteiger charge is 1.96. The minimum atomic E-state index is 0.335. The number of aliphatic imine (C=N–C) groups is 2. The van der Waals surface area contributed by atoms with Gasteiger partial charge in [-0.3, -0.25) is 9.97 Å². The lowest BCUT2D eigenvalue weighted by Crippen LogP contribution is -1.87. The molecule has 3 heterocycles. The van der Waals surface area contributed by atoms with Gasteiger partial charge in [0, 0.05) is 24.7 Å². The number of hydrogen-bond acceptors (Lipinski definition) is 6. The fraction of sp³-hybridized carbons (Fsp3) is 0. The van der Waals surface area contributed by atoms with Crippen LogP contribution >= 0.6 is 0 Å². The predicted octanol–water partition coefficient (Wildman–Crippen LogP) is 2.77. The van der Waals surface area contributed by atoms with E-state index in [4.69, 9.17) is 0 Å². The number of rotatable bonds is 4. The summed E-state index contributed by atoms with van der Waals surface area (Å²) in [4.78, 5) is 25.1. The molecule has 106 valence electrons. The minimum Gasteiger partial charge on any atom is -0.255 e. The van der Waals surface area contributed by atoms with Crippen molar-refractivity contribution in [1.29, 1.82) is 0 Å². The lowest BCUT2D eigenvalue weighted by atomic mass is 10.4. The zero-order valence-corrected chi connectivity index (χ0v) is 11.6. The molecule has 0 fully saturated rings. The van der Waals surface area contributed by atoms with Crippen molar-refractivity contribution in [3.05, 3.63) is 72.4 Å². The summed E-state index contributed by atoms with van der Waals surface area (Å²) in [6, 6.07) is 12.9. The Bertz CT molecular complexity index is 719. The number of hydrogen-bond donors (Lipinski definition) is 0. The summed E-state index contributed by atoms with van der Waals surface area (Å²) in [7, 11) is 0. The molecule has 0 saturated heterocycles. The third kappa shape index (κ3) is 3.86. The van der Waals surface area contributed by atoms with Crippen LogP contribution in [0.4, 0.5) is 11.8 Å². The maximum absolute atomic E-state index is 4.26. The standard InChI is InChI=1S/C16H12N6/c1-3-8-17-13(5-1)11-20-15-7-10-19-16(22-15)21-12-14-6-2-4-9-18-14/h1-12H. The van der Waals surface area contributed by atoms with Crippen molar-refractivity contribution in [2.45, 2.75) is 0 Å². The molecule has 0 amide bonds. The highest BCUT2D eigenvalue weighted by atomic mass is 15.1. The number of aromatic nitrogens is 4. The van der Waals surface area contributed by atoms with Crippen LogP contribution in [0.3, 0.4) is 0 Å². The van der Waals surface area contributed by atoms with Gasteiger partial charge in [-0.1, -0.05) is 12.1 Å². The zero-order valence-electron chi connectivity index (χ0n) is 11.6. The van der Waals surface area contributed by atoms with E-state index in [2.05, 4.69) is 29.9 Å². The fourth-order valence-corrected chi connectivity index (χ4v) is 1.63. The first-order valence-corrected chi connectivity index (χ1v) is 6.63. The molecule has 0 unspecified atom stereocenters. The first kappa shape index (κ1) is 13.7. The van der Waals surface area contributed by atoms with E-state index in [1.165, 1.54) is 0 Å². The van der Waals surface area contributed by atoms with Crippen molar-refractivity contribution < 1.29 is 0 Å². The zero-order chi connectivity index (χ0) is 15.0. The maximum atomic E-state index is 4.26. The molecule has 6 heteroatoms. The molecular weight excluding hydrogens is 276 g/mol. The Hall–Kier alpha value is -3.28. The van der Waals surface area contributed by atoms with E-state index in [-0.39, 0.29) is 0 Å². The van der Waals surface area contributed by atoms with Crippen LogP contribution in [0.15, 0.2) is 71.0 Å². The van der Waals surface area contributed by atoms with Gasteiger partial charge in [0.25, 0.3) is 5.95 Å². The highest BCUT2D eigenvalue weighted by Crippen LogP contribution is 2.11. The van der Waals surface area contributed by atoms with Gasteiger partial charge < -0.3 is 0 Å². The molecule has 0 aliphatic rings. The Labute approximate surface area is 127 Å². The fourth-order valence-electron chi connectivity index (χ4n) is 1.63. The van der Waals surface area contributed by atoms with Crippen molar-refractivity contribution >= 4 is 24.2 Å². The Morgan fingerprint density at radius 1 is 0.682 bits per heavy atom. The summed E-state index contributed by atoms with van der Waals surface area (Å²) in [6.45, 7) is 0. The smallest absolute Gasteiger partial charge is 0.251 e. The Balaban J connectivity index is 1.75. The molecule has 0 saturated carbocycles. The Morgan fingerprint density at radius 2 is 1.36 bits per heavy atom. The van der Waals surface area contributed by atoms with Crippen molar-refractivity contribution in [3.63, 3.8) is 0 Å². The van der Waals surface area contributed by atoms with Crippen LogP contribution in [-0.4, -0.2) is 32.4 Å². The normalized spacial score (nSPS) is 11.3. The quantitative estimate of drug-likeness (QED) is 0.692. The minimum absolute atomic E-state index is 0.335. The molecule has 0 spiro atoms. The second-order valence-corrected chi connectivity index (χ2v) is 4.24. The van der Waals surface area contributed by atoms with E-state index in [9.17, 15) is 0 Å². The van der Waals surface area contributed by atoms with E-state index in [1.807, 2.05) is 36.4 Å². The molecule has 0 N–H and O–H groups in total. The average molecular weight is 288 g/mol. The van der Waals surface area contributed by atoms with Crippen LogP contribution < -0.4 is 0 Å². The van der Waals surface area contributed by atoms with Gasteiger partial charge in [-0.2, -0.15) is 4.98 Å². The molecule has 3 aromatic rings. The molecule has 0 aromatic carbocycles. The average Bonchev–Trinajstić information content (AvgIpc) is 2.60. The van der Waals surface area contributed by atoms with E-state index in [1.54, 1.807) is 37.1 Å². The van der Waals surface area contributed by atoms with Crippen LogP contribution in [0.25, 0.3) is 0 Å². The van der Waals surface area contributed by atoms with E-state index in [0.29, 0.717) is 11.8 Å². The largest absolute Gasteiger partial charge is 0.255 e. The summed E-state index contributed by atoms with van der Waals surface area (Å²) < 4.78 is 0. The summed E-state index contributed by atoms with van der Waals surface area (Å²) in [5.41, 5.74) is 1.51. The van der Waals surface area contributed by atoms with Crippen molar-refractivity contribution in [3.8, 4) is 0 Å². The third-order valence-electron chi connectivity index (χ3n) is 2.65. The van der Waals surface area contributed by atoms with Crippen LogP contribution in [0.1, 0.15) is 11.4 Å². The van der Waals surface area contributed by atoms with E-state index >= 15 is 0 Å². The van der Waals surface area contributed by atoms with Crippen molar-refractivity contribution in [1.82, 2.24) is 19.9 Å². The van der Waals surface area contributed by atoms with E-state index < -0.39 is 0 Å². The molecule has 6 nitrogen and oxygen atoms in total. The monoisotopic (exact) mass is 288 g/mol. The van der Waals surface area contributed by atoms with Gasteiger partial charge in [0.05, 0.1) is 23.8 Å². The SMILES string of the molecule is C(=Nc1ccnc(N=Cc2ccccn2)n1)c1ccccn1. The molecule has 3 aromatic heterocycles. The molecule has 0 atom stereocenters. The third-order valence-corrected chi connectivity index (χ3v) is 2.65. The van der Waals surface area contributed by atoms with Crippen LogP contribution in [0, 0.1) is 0 Å². The molecule has 0 radical (unpaired) electrons. The van der Waals surface area contributed by atoms with Crippen molar-refractivity contribution in [2.24, 2.45) is 9.98 Å². The Morgan fingerprint density at radius 3 is 2.00 bits per heavy atom. The van der Waals surface area contributed by atoms with Gasteiger partial charge in [0.1, 0.15) is 0 Å². The number of pyridine rings is 2. The topological polar surface area (TPSA) is 76.3 Å². The van der Waals surface area contributed by atoms with Gasteiger partial charge >= 0.3 is 0 Å². The highest BCUT2D eigenvalue weighted by molar-refractivity contribution is 5.79. The van der Waals surface area contributed by atoms with Gasteiger partial charge in [-0.25, -0.2) is 15.0 Å². The summed E-state index contributed by atoms with van der Waals surface area (Å²) in [5.74, 6) is 0.857. The van der Waals surface area contributed by atoms with Gasteiger partial charge in [-0.05, 0) is 24.3 Å². The molecule has 3 rings (SSSR count). The second kappa shape index (κ2) is 6.94. The molecule has 0 aliphatic heterocycles. The van der Waals surface area contributed by atoms with Gasteiger partial charge in [0.15, 0.2) is 5.82 Å². The van der Waals surface area contributed by atoms with Crippen LogP contribution in [0.2, 0.25) is 0 Å². The lowest BCUT2D eigenvalue weighted by molar-refractivity contribution is 1.12. The van der Waals surface area contributed by atoms with Crippen molar-refractivity contribution in [2.75, 3.05) is 0 Å². The van der Waals surface area contributed by atoms with Crippen LogP contribution in [-0.2, 0) is 0 Å².